The summed E-state index contributed by atoms with van der Waals surface area (Å²) in [6.07, 6.45) is 0. The smallest absolute Gasteiger partial charge is 0.226 e. The lowest BCUT2D eigenvalue weighted by atomic mass is 10.6. The number of hydrogen-bond acceptors (Lipinski definition) is 5. The Bertz CT molecular complexity index is 183. The van der Waals surface area contributed by atoms with E-state index in [1.807, 2.05) is 0 Å². The van der Waals surface area contributed by atoms with Crippen LogP contribution in [0, 0.1) is 0 Å². The Balaban J connectivity index is 2.72. The topological polar surface area (TPSA) is 46.3 Å². The van der Waals surface area contributed by atoms with Gasteiger partial charge in [0.05, 0.1) is 0 Å². The molecule has 0 aromatic rings. The maximum absolute atomic E-state index is 10.8. The first-order valence-electron chi connectivity index (χ1n) is 2.55. The van der Waals surface area contributed by atoms with Gasteiger partial charge in [-0.3, -0.25) is 9.69 Å². The number of rotatable bonds is 0. The molecule has 0 radical (unpaired) electrons. The van der Waals surface area contributed by atoms with Crippen LogP contribution in [0.15, 0.2) is 0 Å². The summed E-state index contributed by atoms with van der Waals surface area (Å²) >= 11 is 4.86. The SMILES string of the molecule is CC(=O)N1C(=S)SSC1N. The molecule has 0 spiro atoms. The predicted octanol–water partition coefficient (Wildman–Crippen LogP) is 0.757. The molecule has 6 heteroatoms. The van der Waals surface area contributed by atoms with E-state index in [2.05, 4.69) is 0 Å². The fourth-order valence-corrected chi connectivity index (χ4v) is 3.20. The van der Waals surface area contributed by atoms with Gasteiger partial charge >= 0.3 is 0 Å². The summed E-state index contributed by atoms with van der Waals surface area (Å²) in [5.74, 6) is -0.0880. The predicted molar refractivity (Wildman–Crippen MR) is 48.3 cm³/mol. The fourth-order valence-electron chi connectivity index (χ4n) is 0.585. The van der Waals surface area contributed by atoms with E-state index < -0.39 is 0 Å². The maximum Gasteiger partial charge on any atom is 0.226 e. The second-order valence-corrected chi connectivity index (χ2v) is 4.68. The van der Waals surface area contributed by atoms with Crippen LogP contribution in [0.5, 0.6) is 0 Å². The van der Waals surface area contributed by atoms with E-state index >= 15 is 0 Å². The summed E-state index contributed by atoms with van der Waals surface area (Å²) < 4.78 is 0.560. The van der Waals surface area contributed by atoms with Crippen molar-refractivity contribution in [2.45, 2.75) is 12.4 Å². The normalized spacial score (nSPS) is 25.6. The standard InChI is InChI=1S/C4H6N2OS3/c1-2(7)6-3(5)9-10-4(6)8/h3H,5H2,1H3. The number of nitrogens with two attached hydrogens (primary N) is 1. The third-order valence-electron chi connectivity index (χ3n) is 1.01. The van der Waals surface area contributed by atoms with Crippen LogP contribution in [-0.2, 0) is 4.79 Å². The minimum absolute atomic E-state index is 0.0880. The Labute approximate surface area is 72.1 Å². The number of carbonyl (C=O) groups is 1. The summed E-state index contributed by atoms with van der Waals surface area (Å²) in [5, 5.41) is 0. The Hall–Kier alpha value is 0.220. The Kier molecular flexibility index (Phi) is 2.56. The van der Waals surface area contributed by atoms with Crippen LogP contribution in [0.1, 0.15) is 6.92 Å². The zero-order valence-corrected chi connectivity index (χ0v) is 7.68. The average molecular weight is 194 g/mol. The molecule has 1 atom stereocenters. The molecule has 1 fully saturated rings. The van der Waals surface area contributed by atoms with Crippen LogP contribution in [0.3, 0.4) is 0 Å². The second-order valence-electron chi connectivity index (χ2n) is 1.73. The highest BCUT2D eigenvalue weighted by Gasteiger charge is 2.29. The molecule has 56 valence electrons. The number of nitrogens with zero attached hydrogens (tertiary/aromatic N) is 1. The van der Waals surface area contributed by atoms with Crippen molar-refractivity contribution in [2.75, 3.05) is 0 Å². The van der Waals surface area contributed by atoms with Crippen LogP contribution in [0.4, 0.5) is 0 Å². The summed E-state index contributed by atoms with van der Waals surface area (Å²) in [6.45, 7) is 1.46. The highest BCUT2D eigenvalue weighted by atomic mass is 33.1. The van der Waals surface area contributed by atoms with Crippen LogP contribution in [-0.4, -0.2) is 20.6 Å². The number of hydrogen-bond donors (Lipinski definition) is 1. The first kappa shape index (κ1) is 8.32. The molecule has 1 aliphatic rings. The van der Waals surface area contributed by atoms with E-state index in [0.29, 0.717) is 4.32 Å². The lowest BCUT2D eigenvalue weighted by molar-refractivity contribution is -0.125. The van der Waals surface area contributed by atoms with Gasteiger partial charge < -0.3 is 5.73 Å². The van der Waals surface area contributed by atoms with Crippen molar-refractivity contribution >= 4 is 44.0 Å². The Morgan fingerprint density at radius 1 is 1.90 bits per heavy atom. The maximum atomic E-state index is 10.8. The second kappa shape index (κ2) is 3.08. The van der Waals surface area contributed by atoms with Crippen LogP contribution in [0.2, 0.25) is 0 Å². The third kappa shape index (κ3) is 1.45. The highest BCUT2D eigenvalue weighted by molar-refractivity contribution is 8.84. The number of carbonyl (C=O) groups excluding carboxylic acids is 1. The molecular formula is C4H6N2OS3. The van der Waals surface area contributed by atoms with Gasteiger partial charge in [-0.2, -0.15) is 0 Å². The minimum Gasteiger partial charge on any atom is -0.301 e. The van der Waals surface area contributed by atoms with E-state index in [9.17, 15) is 4.79 Å². The molecule has 0 aromatic heterocycles. The molecule has 1 amide bonds. The van der Waals surface area contributed by atoms with Crippen LogP contribution >= 0.6 is 33.8 Å². The molecule has 2 N–H and O–H groups in total. The quantitative estimate of drug-likeness (QED) is 0.455. The molecule has 0 saturated carbocycles. The first-order valence-corrected chi connectivity index (χ1v) is 5.17. The van der Waals surface area contributed by atoms with E-state index in [4.69, 9.17) is 18.0 Å². The molecule has 1 saturated heterocycles. The van der Waals surface area contributed by atoms with Gasteiger partial charge in [-0.25, -0.2) is 0 Å². The molecule has 1 rings (SSSR count). The van der Waals surface area contributed by atoms with Gasteiger partial charge in [-0.05, 0) is 21.6 Å². The Morgan fingerprint density at radius 3 is 2.70 bits per heavy atom. The van der Waals surface area contributed by atoms with E-state index in [1.54, 1.807) is 0 Å². The molecular weight excluding hydrogens is 188 g/mol. The molecule has 0 aliphatic carbocycles. The fraction of sp³-hybridized carbons (Fsp3) is 0.500. The molecule has 1 unspecified atom stereocenters. The van der Waals surface area contributed by atoms with E-state index in [1.165, 1.54) is 33.4 Å². The van der Waals surface area contributed by atoms with Crippen molar-refractivity contribution in [3.63, 3.8) is 0 Å². The molecule has 0 bridgehead atoms. The summed E-state index contributed by atoms with van der Waals surface area (Å²) in [5.41, 5.74) is 5.23. The zero-order valence-electron chi connectivity index (χ0n) is 5.23. The molecule has 1 heterocycles. The molecule has 3 nitrogen and oxygen atoms in total. The van der Waals surface area contributed by atoms with Gasteiger partial charge in [0, 0.05) is 6.92 Å². The van der Waals surface area contributed by atoms with Gasteiger partial charge in [0.25, 0.3) is 0 Å². The van der Waals surface area contributed by atoms with Crippen molar-refractivity contribution < 1.29 is 4.79 Å². The van der Waals surface area contributed by atoms with E-state index in [0.717, 1.165) is 0 Å². The highest BCUT2D eigenvalue weighted by Crippen LogP contribution is 2.37. The average Bonchev–Trinajstić information content (AvgIpc) is 2.11. The van der Waals surface area contributed by atoms with E-state index in [-0.39, 0.29) is 11.4 Å². The molecule has 0 aromatic carbocycles. The summed E-state index contributed by atoms with van der Waals surface area (Å²) in [6, 6.07) is 0. The van der Waals surface area contributed by atoms with Gasteiger partial charge in [0.15, 0.2) is 4.32 Å². The lowest BCUT2D eigenvalue weighted by Gasteiger charge is -2.15. The van der Waals surface area contributed by atoms with Crippen molar-refractivity contribution in [2.24, 2.45) is 5.73 Å². The van der Waals surface area contributed by atoms with Gasteiger partial charge in [0.1, 0.15) is 5.50 Å². The van der Waals surface area contributed by atoms with Crippen LogP contribution < -0.4 is 5.73 Å². The van der Waals surface area contributed by atoms with Crippen molar-refractivity contribution in [3.05, 3.63) is 0 Å². The Morgan fingerprint density at radius 2 is 2.50 bits per heavy atom. The van der Waals surface area contributed by atoms with Gasteiger partial charge in [-0.1, -0.05) is 12.2 Å². The largest absolute Gasteiger partial charge is 0.301 e. The zero-order chi connectivity index (χ0) is 7.72. The minimum atomic E-state index is -0.296. The van der Waals surface area contributed by atoms with Crippen molar-refractivity contribution in [3.8, 4) is 0 Å². The summed E-state index contributed by atoms with van der Waals surface area (Å²) in [7, 11) is 2.77. The lowest BCUT2D eigenvalue weighted by Crippen LogP contribution is -2.40. The van der Waals surface area contributed by atoms with Gasteiger partial charge in [0.2, 0.25) is 5.91 Å². The van der Waals surface area contributed by atoms with Crippen molar-refractivity contribution in [1.29, 1.82) is 0 Å². The number of amides is 1. The molecule has 1 aliphatic heterocycles. The van der Waals surface area contributed by atoms with Crippen molar-refractivity contribution in [1.82, 2.24) is 4.90 Å². The first-order chi connectivity index (χ1) is 4.63. The molecule has 10 heavy (non-hydrogen) atoms. The number of thiocarbonyl (C=S) groups is 1. The monoisotopic (exact) mass is 194 g/mol. The summed E-state index contributed by atoms with van der Waals surface area (Å²) in [4.78, 5) is 12.2. The van der Waals surface area contributed by atoms with Gasteiger partial charge in [-0.15, -0.1) is 0 Å². The van der Waals surface area contributed by atoms with Crippen LogP contribution in [0.25, 0.3) is 0 Å². The third-order valence-corrected chi connectivity index (χ3v) is 3.97.